The molecular weight excluding hydrogens is 258 g/mol. The molecule has 1 saturated heterocycles. The van der Waals surface area contributed by atoms with Crippen molar-refractivity contribution >= 4 is 15.9 Å². The van der Waals surface area contributed by atoms with Gasteiger partial charge in [-0.2, -0.15) is 0 Å². The Morgan fingerprint density at radius 2 is 2.47 bits per heavy atom. The van der Waals surface area contributed by atoms with Crippen molar-refractivity contribution in [3.8, 4) is 0 Å². The van der Waals surface area contributed by atoms with E-state index in [0.29, 0.717) is 6.10 Å². The van der Waals surface area contributed by atoms with Crippen LogP contribution in [0.15, 0.2) is 6.20 Å². The van der Waals surface area contributed by atoms with Crippen molar-refractivity contribution in [2.24, 2.45) is 0 Å². The van der Waals surface area contributed by atoms with Gasteiger partial charge in [0.05, 0.1) is 18.3 Å². The molecule has 15 heavy (non-hydrogen) atoms. The molecule has 5 heteroatoms. The largest absolute Gasteiger partial charge is 0.376 e. The Labute approximate surface area is 98.1 Å². The van der Waals surface area contributed by atoms with E-state index in [1.165, 1.54) is 12.8 Å². The van der Waals surface area contributed by atoms with E-state index in [1.54, 1.807) is 0 Å². The normalized spacial score (nSPS) is 21.8. The highest BCUT2D eigenvalue weighted by Crippen LogP contribution is 2.14. The van der Waals surface area contributed by atoms with E-state index in [4.69, 9.17) is 4.74 Å². The minimum atomic E-state index is 0.331. The van der Waals surface area contributed by atoms with E-state index in [9.17, 15) is 0 Å². The molecule has 0 aromatic carbocycles. The van der Waals surface area contributed by atoms with E-state index in [-0.39, 0.29) is 0 Å². The molecule has 2 rings (SSSR count). The monoisotopic (exact) mass is 273 g/mol. The molecule has 1 aliphatic rings. The minimum Gasteiger partial charge on any atom is -0.376 e. The van der Waals surface area contributed by atoms with Crippen LogP contribution in [0.2, 0.25) is 0 Å². The van der Waals surface area contributed by atoms with Crippen LogP contribution in [-0.2, 0) is 17.7 Å². The van der Waals surface area contributed by atoms with E-state index in [2.05, 4.69) is 26.2 Å². The SMILES string of the molecule is BrCCc1cn(CC2CCCCO2)nn1. The zero-order valence-corrected chi connectivity index (χ0v) is 10.3. The maximum absolute atomic E-state index is 5.65. The molecule has 0 bridgehead atoms. The second kappa shape index (κ2) is 5.61. The average Bonchev–Trinajstić information content (AvgIpc) is 2.68. The van der Waals surface area contributed by atoms with Crippen LogP contribution < -0.4 is 0 Å². The summed E-state index contributed by atoms with van der Waals surface area (Å²) in [4.78, 5) is 0. The number of hydrogen-bond acceptors (Lipinski definition) is 3. The van der Waals surface area contributed by atoms with Gasteiger partial charge < -0.3 is 4.74 Å². The van der Waals surface area contributed by atoms with Crippen LogP contribution in [0.25, 0.3) is 0 Å². The molecule has 0 amide bonds. The Morgan fingerprint density at radius 3 is 3.20 bits per heavy atom. The van der Waals surface area contributed by atoms with Gasteiger partial charge in [-0.15, -0.1) is 5.10 Å². The molecule has 1 aromatic heterocycles. The summed E-state index contributed by atoms with van der Waals surface area (Å²) >= 11 is 3.39. The number of hydrogen-bond donors (Lipinski definition) is 0. The number of nitrogens with zero attached hydrogens (tertiary/aromatic N) is 3. The zero-order chi connectivity index (χ0) is 10.5. The van der Waals surface area contributed by atoms with Gasteiger partial charge in [-0.3, -0.25) is 0 Å². The quantitative estimate of drug-likeness (QED) is 0.786. The molecule has 1 unspecified atom stereocenters. The number of rotatable bonds is 4. The fourth-order valence-corrected chi connectivity index (χ4v) is 2.21. The van der Waals surface area contributed by atoms with Gasteiger partial charge in [0.2, 0.25) is 0 Å². The van der Waals surface area contributed by atoms with Crippen molar-refractivity contribution in [3.05, 3.63) is 11.9 Å². The summed E-state index contributed by atoms with van der Waals surface area (Å²) in [6.45, 7) is 1.74. The summed E-state index contributed by atoms with van der Waals surface area (Å²) in [6, 6.07) is 0. The Bertz CT molecular complexity index is 297. The third-order valence-corrected chi connectivity index (χ3v) is 3.00. The second-order valence-corrected chi connectivity index (χ2v) is 4.65. The fourth-order valence-electron chi connectivity index (χ4n) is 1.80. The number of alkyl halides is 1. The van der Waals surface area contributed by atoms with Crippen LogP contribution in [-0.4, -0.2) is 33.0 Å². The van der Waals surface area contributed by atoms with Gasteiger partial charge in [0, 0.05) is 24.6 Å². The van der Waals surface area contributed by atoms with Crippen LogP contribution in [0.3, 0.4) is 0 Å². The number of halogens is 1. The molecule has 0 saturated carbocycles. The minimum absolute atomic E-state index is 0.331. The maximum Gasteiger partial charge on any atom is 0.0835 e. The Kier molecular flexibility index (Phi) is 4.14. The van der Waals surface area contributed by atoms with Crippen LogP contribution >= 0.6 is 15.9 Å². The first kappa shape index (κ1) is 11.1. The summed E-state index contributed by atoms with van der Waals surface area (Å²) < 4.78 is 7.55. The fraction of sp³-hybridized carbons (Fsp3) is 0.800. The summed E-state index contributed by atoms with van der Waals surface area (Å²) in [6.07, 6.45) is 6.89. The molecule has 1 fully saturated rings. The van der Waals surface area contributed by atoms with Crippen molar-refractivity contribution < 1.29 is 4.74 Å². The highest BCUT2D eigenvalue weighted by Gasteiger charge is 2.14. The van der Waals surface area contributed by atoms with Crippen molar-refractivity contribution in [2.45, 2.75) is 38.3 Å². The van der Waals surface area contributed by atoms with E-state index in [0.717, 1.165) is 37.0 Å². The smallest absolute Gasteiger partial charge is 0.0835 e. The van der Waals surface area contributed by atoms with Crippen molar-refractivity contribution in [1.82, 2.24) is 15.0 Å². The molecule has 1 atom stereocenters. The summed E-state index contributed by atoms with van der Waals surface area (Å²) in [5.41, 5.74) is 1.04. The number of ether oxygens (including phenoxy) is 1. The summed E-state index contributed by atoms with van der Waals surface area (Å²) in [5.74, 6) is 0. The van der Waals surface area contributed by atoms with Gasteiger partial charge in [-0.25, -0.2) is 4.68 Å². The Hall–Kier alpha value is -0.420. The maximum atomic E-state index is 5.65. The first-order chi connectivity index (χ1) is 7.38. The van der Waals surface area contributed by atoms with Crippen molar-refractivity contribution in [3.63, 3.8) is 0 Å². The Balaban J connectivity index is 1.86. The first-order valence-corrected chi connectivity index (χ1v) is 6.57. The topological polar surface area (TPSA) is 39.9 Å². The van der Waals surface area contributed by atoms with Crippen LogP contribution in [0, 0.1) is 0 Å². The van der Waals surface area contributed by atoms with Crippen LogP contribution in [0.1, 0.15) is 25.0 Å². The molecule has 4 nitrogen and oxygen atoms in total. The van der Waals surface area contributed by atoms with Crippen LogP contribution in [0.4, 0.5) is 0 Å². The lowest BCUT2D eigenvalue weighted by atomic mass is 10.1. The van der Waals surface area contributed by atoms with Crippen LogP contribution in [0.5, 0.6) is 0 Å². The molecule has 1 aliphatic heterocycles. The molecule has 2 heterocycles. The predicted octanol–water partition coefficient (Wildman–Crippen LogP) is 1.78. The molecule has 0 N–H and O–H groups in total. The highest BCUT2D eigenvalue weighted by atomic mass is 79.9. The van der Waals surface area contributed by atoms with Gasteiger partial charge in [0.15, 0.2) is 0 Å². The van der Waals surface area contributed by atoms with E-state index in [1.807, 2.05) is 10.9 Å². The molecule has 0 aliphatic carbocycles. The lowest BCUT2D eigenvalue weighted by molar-refractivity contribution is 0.00370. The summed E-state index contributed by atoms with van der Waals surface area (Å²) in [7, 11) is 0. The lowest BCUT2D eigenvalue weighted by Gasteiger charge is -2.21. The second-order valence-electron chi connectivity index (χ2n) is 3.86. The molecule has 84 valence electrons. The third-order valence-electron chi connectivity index (χ3n) is 2.60. The van der Waals surface area contributed by atoms with Gasteiger partial charge >= 0.3 is 0 Å². The molecule has 1 aromatic rings. The molecular formula is C10H16BrN3O. The third kappa shape index (κ3) is 3.28. The lowest BCUT2D eigenvalue weighted by Crippen LogP contribution is -2.24. The predicted molar refractivity (Wildman–Crippen MR) is 61.1 cm³/mol. The van der Waals surface area contributed by atoms with Crippen molar-refractivity contribution in [1.29, 1.82) is 0 Å². The van der Waals surface area contributed by atoms with Gasteiger partial charge in [0.25, 0.3) is 0 Å². The highest BCUT2D eigenvalue weighted by molar-refractivity contribution is 9.09. The average molecular weight is 274 g/mol. The summed E-state index contributed by atoms with van der Waals surface area (Å²) in [5, 5.41) is 9.13. The first-order valence-electron chi connectivity index (χ1n) is 5.45. The number of aromatic nitrogens is 3. The van der Waals surface area contributed by atoms with Crippen molar-refractivity contribution in [2.75, 3.05) is 11.9 Å². The standard InChI is InChI=1S/C10H16BrN3O/c11-5-4-9-7-14(13-12-9)8-10-3-1-2-6-15-10/h7,10H,1-6,8H2. The zero-order valence-electron chi connectivity index (χ0n) is 8.73. The van der Waals surface area contributed by atoms with Gasteiger partial charge in [0.1, 0.15) is 0 Å². The van der Waals surface area contributed by atoms with Gasteiger partial charge in [-0.1, -0.05) is 21.1 Å². The van der Waals surface area contributed by atoms with E-state index < -0.39 is 0 Å². The molecule has 0 spiro atoms. The van der Waals surface area contributed by atoms with Gasteiger partial charge in [-0.05, 0) is 19.3 Å². The molecule has 0 radical (unpaired) electrons. The van der Waals surface area contributed by atoms with E-state index >= 15 is 0 Å². The Morgan fingerprint density at radius 1 is 1.53 bits per heavy atom. The number of aryl methyl sites for hydroxylation is 1.